The first-order valence-corrected chi connectivity index (χ1v) is 8.00. The summed E-state index contributed by atoms with van der Waals surface area (Å²) >= 11 is 0. The van der Waals surface area contributed by atoms with Crippen LogP contribution in [0.3, 0.4) is 0 Å². The highest BCUT2D eigenvalue weighted by Gasteiger charge is 2.12. The van der Waals surface area contributed by atoms with Crippen LogP contribution in [-0.2, 0) is 0 Å². The van der Waals surface area contributed by atoms with Crippen molar-refractivity contribution in [1.29, 1.82) is 0 Å². The molecule has 1 atom stereocenters. The van der Waals surface area contributed by atoms with Crippen molar-refractivity contribution in [3.8, 4) is 11.3 Å². The van der Waals surface area contributed by atoms with Crippen molar-refractivity contribution in [3.05, 3.63) is 65.4 Å². The quantitative estimate of drug-likeness (QED) is 0.786. The zero-order valence-corrected chi connectivity index (χ0v) is 14.4. The van der Waals surface area contributed by atoms with Gasteiger partial charge < -0.3 is 5.32 Å². The minimum atomic E-state index is 0.0266. The number of hydrogen-bond donors (Lipinski definition) is 1. The van der Waals surface area contributed by atoms with Crippen molar-refractivity contribution in [3.63, 3.8) is 0 Å². The predicted molar refractivity (Wildman–Crippen MR) is 95.7 cm³/mol. The highest BCUT2D eigenvalue weighted by molar-refractivity contribution is 5.62. The molecule has 24 heavy (non-hydrogen) atoms. The van der Waals surface area contributed by atoms with Crippen LogP contribution in [0.5, 0.6) is 0 Å². The Hall–Kier alpha value is -2.82. The molecule has 122 valence electrons. The summed E-state index contributed by atoms with van der Waals surface area (Å²) in [7, 11) is 0. The number of rotatable bonds is 4. The summed E-state index contributed by atoms with van der Waals surface area (Å²) in [6.07, 6.45) is 3.57. The molecule has 0 spiro atoms. The third-order valence-electron chi connectivity index (χ3n) is 3.96. The zero-order chi connectivity index (χ0) is 17.1. The summed E-state index contributed by atoms with van der Waals surface area (Å²) in [6, 6.07) is 9.97. The number of aryl methyl sites for hydroxylation is 3. The van der Waals surface area contributed by atoms with Crippen LogP contribution in [0.2, 0.25) is 0 Å². The van der Waals surface area contributed by atoms with E-state index in [0.717, 1.165) is 33.9 Å². The maximum atomic E-state index is 4.64. The molecule has 3 rings (SSSR count). The fourth-order valence-corrected chi connectivity index (χ4v) is 2.75. The fraction of sp³-hybridized carbons (Fsp3) is 0.263. The molecule has 0 saturated carbocycles. The maximum Gasteiger partial charge on any atom is 0.223 e. The van der Waals surface area contributed by atoms with E-state index in [4.69, 9.17) is 0 Å². The van der Waals surface area contributed by atoms with Crippen LogP contribution in [-0.4, -0.2) is 19.9 Å². The van der Waals surface area contributed by atoms with Gasteiger partial charge in [0.05, 0.1) is 17.4 Å². The van der Waals surface area contributed by atoms with Gasteiger partial charge >= 0.3 is 0 Å². The van der Waals surface area contributed by atoms with Gasteiger partial charge in [-0.1, -0.05) is 6.07 Å². The van der Waals surface area contributed by atoms with Gasteiger partial charge in [0.1, 0.15) is 0 Å². The molecule has 0 aromatic carbocycles. The molecule has 0 aliphatic carbocycles. The Balaban J connectivity index is 1.87. The molecule has 0 aliphatic rings. The SMILES string of the molecule is Cc1ccc(-c2ccnc(N[C@@H](C)c3ncccc3C)n2)c(C)n1. The van der Waals surface area contributed by atoms with E-state index in [1.807, 2.05) is 32.0 Å². The van der Waals surface area contributed by atoms with E-state index < -0.39 is 0 Å². The Morgan fingerprint density at radius 2 is 1.75 bits per heavy atom. The van der Waals surface area contributed by atoms with Crippen molar-refractivity contribution in [2.75, 3.05) is 5.32 Å². The molecule has 0 radical (unpaired) electrons. The topological polar surface area (TPSA) is 63.6 Å². The molecule has 0 bridgehead atoms. The lowest BCUT2D eigenvalue weighted by Crippen LogP contribution is -2.12. The monoisotopic (exact) mass is 319 g/mol. The minimum absolute atomic E-state index is 0.0266. The Labute approximate surface area is 142 Å². The number of pyridine rings is 2. The molecule has 0 unspecified atom stereocenters. The van der Waals surface area contributed by atoms with Crippen LogP contribution in [0.25, 0.3) is 11.3 Å². The van der Waals surface area contributed by atoms with Gasteiger partial charge in [-0.05, 0) is 57.5 Å². The molecule has 0 aliphatic heterocycles. The Bertz CT molecular complexity index is 860. The molecule has 0 fully saturated rings. The van der Waals surface area contributed by atoms with E-state index in [0.29, 0.717) is 5.95 Å². The zero-order valence-electron chi connectivity index (χ0n) is 14.4. The summed E-state index contributed by atoms with van der Waals surface area (Å²) in [6.45, 7) is 8.10. The molecule has 5 heteroatoms. The van der Waals surface area contributed by atoms with Crippen molar-refractivity contribution < 1.29 is 0 Å². The molecule has 3 aromatic rings. The summed E-state index contributed by atoms with van der Waals surface area (Å²) < 4.78 is 0. The fourth-order valence-electron chi connectivity index (χ4n) is 2.75. The third-order valence-corrected chi connectivity index (χ3v) is 3.96. The molecule has 5 nitrogen and oxygen atoms in total. The number of hydrogen-bond acceptors (Lipinski definition) is 5. The Morgan fingerprint density at radius 3 is 2.50 bits per heavy atom. The lowest BCUT2D eigenvalue weighted by atomic mass is 10.1. The first-order valence-electron chi connectivity index (χ1n) is 8.00. The molecule has 1 N–H and O–H groups in total. The second-order valence-corrected chi connectivity index (χ2v) is 5.92. The van der Waals surface area contributed by atoms with Gasteiger partial charge in [0.25, 0.3) is 0 Å². The Morgan fingerprint density at radius 1 is 0.917 bits per heavy atom. The van der Waals surface area contributed by atoms with E-state index in [2.05, 4.69) is 51.2 Å². The van der Waals surface area contributed by atoms with Crippen molar-refractivity contribution >= 4 is 5.95 Å². The van der Waals surface area contributed by atoms with Gasteiger partial charge in [0, 0.05) is 29.3 Å². The van der Waals surface area contributed by atoms with Crippen molar-refractivity contribution in [2.45, 2.75) is 33.7 Å². The Kier molecular flexibility index (Phi) is 4.51. The number of anilines is 1. The van der Waals surface area contributed by atoms with Gasteiger partial charge in [-0.2, -0.15) is 0 Å². The maximum absolute atomic E-state index is 4.64. The smallest absolute Gasteiger partial charge is 0.223 e. The summed E-state index contributed by atoms with van der Waals surface area (Å²) in [5.74, 6) is 0.588. The average Bonchev–Trinajstić information content (AvgIpc) is 2.55. The van der Waals surface area contributed by atoms with E-state index in [-0.39, 0.29) is 6.04 Å². The number of aromatic nitrogens is 4. The molecular weight excluding hydrogens is 298 g/mol. The highest BCUT2D eigenvalue weighted by Crippen LogP contribution is 2.23. The van der Waals surface area contributed by atoms with Gasteiger partial charge in [0.15, 0.2) is 0 Å². The van der Waals surface area contributed by atoms with E-state index in [1.54, 1.807) is 12.4 Å². The summed E-state index contributed by atoms with van der Waals surface area (Å²) in [5, 5.41) is 3.33. The van der Waals surface area contributed by atoms with Crippen molar-refractivity contribution in [2.24, 2.45) is 0 Å². The largest absolute Gasteiger partial charge is 0.346 e. The average molecular weight is 319 g/mol. The predicted octanol–water partition coefficient (Wildman–Crippen LogP) is 4.03. The van der Waals surface area contributed by atoms with Gasteiger partial charge in [-0.3, -0.25) is 9.97 Å². The van der Waals surface area contributed by atoms with Crippen LogP contribution in [0.1, 0.15) is 35.6 Å². The van der Waals surface area contributed by atoms with Gasteiger partial charge in [0.2, 0.25) is 5.95 Å². The number of nitrogens with zero attached hydrogens (tertiary/aromatic N) is 4. The van der Waals surface area contributed by atoms with Crippen LogP contribution in [0, 0.1) is 20.8 Å². The minimum Gasteiger partial charge on any atom is -0.346 e. The molecule has 0 amide bonds. The lowest BCUT2D eigenvalue weighted by molar-refractivity contribution is 0.812. The van der Waals surface area contributed by atoms with Crippen LogP contribution in [0.4, 0.5) is 5.95 Å². The van der Waals surface area contributed by atoms with Gasteiger partial charge in [-0.15, -0.1) is 0 Å². The van der Waals surface area contributed by atoms with Crippen LogP contribution < -0.4 is 5.32 Å². The highest BCUT2D eigenvalue weighted by atomic mass is 15.1. The van der Waals surface area contributed by atoms with Crippen molar-refractivity contribution in [1.82, 2.24) is 19.9 Å². The number of nitrogens with one attached hydrogen (secondary N) is 1. The summed E-state index contributed by atoms with van der Waals surface area (Å²) in [4.78, 5) is 17.9. The first kappa shape index (κ1) is 16.1. The molecule has 3 heterocycles. The second kappa shape index (κ2) is 6.74. The molecule has 0 saturated heterocycles. The van der Waals surface area contributed by atoms with E-state index in [1.165, 1.54) is 0 Å². The van der Waals surface area contributed by atoms with Crippen LogP contribution in [0.15, 0.2) is 42.7 Å². The van der Waals surface area contributed by atoms with E-state index >= 15 is 0 Å². The first-order chi connectivity index (χ1) is 11.5. The van der Waals surface area contributed by atoms with E-state index in [9.17, 15) is 0 Å². The van der Waals surface area contributed by atoms with Crippen LogP contribution >= 0.6 is 0 Å². The normalized spacial score (nSPS) is 12.0. The van der Waals surface area contributed by atoms with Gasteiger partial charge in [-0.25, -0.2) is 9.97 Å². The lowest BCUT2D eigenvalue weighted by Gasteiger charge is -2.15. The standard InChI is InChI=1S/C19H21N5/c1-12-6-5-10-20-18(12)15(4)23-19-21-11-9-17(24-19)16-8-7-13(2)22-14(16)3/h5-11,15H,1-4H3,(H,21,23,24)/t15-/m0/s1. The second-order valence-electron chi connectivity index (χ2n) is 5.92. The molecular formula is C19H21N5. The summed E-state index contributed by atoms with van der Waals surface area (Å²) in [5.41, 5.74) is 6.00. The molecule has 3 aromatic heterocycles. The third kappa shape index (κ3) is 3.40.